The number of hydrogen-bond acceptors (Lipinski definition) is 6. The summed E-state index contributed by atoms with van der Waals surface area (Å²) in [5, 5.41) is 7.17. The van der Waals surface area contributed by atoms with Crippen molar-refractivity contribution in [1.82, 2.24) is 24.9 Å². The monoisotopic (exact) mass is 381 g/mol. The lowest BCUT2D eigenvalue weighted by Gasteiger charge is -2.18. The summed E-state index contributed by atoms with van der Waals surface area (Å²) >= 11 is 0. The van der Waals surface area contributed by atoms with E-state index < -0.39 is 0 Å². The minimum atomic E-state index is 0.0232. The molecular formula is C20H23N5O3. The number of aromatic nitrogens is 4. The van der Waals surface area contributed by atoms with Crippen LogP contribution in [0.1, 0.15) is 28.9 Å². The highest BCUT2D eigenvalue weighted by Crippen LogP contribution is 2.30. The van der Waals surface area contributed by atoms with E-state index in [1.807, 2.05) is 32.0 Å². The Morgan fingerprint density at radius 2 is 2.00 bits per heavy atom. The third-order valence-corrected chi connectivity index (χ3v) is 4.93. The second-order valence-electron chi connectivity index (χ2n) is 6.81. The summed E-state index contributed by atoms with van der Waals surface area (Å²) in [6, 6.07) is 5.91. The first-order valence-electron chi connectivity index (χ1n) is 9.43. The summed E-state index contributed by atoms with van der Waals surface area (Å²) in [5.74, 6) is 2.16. The van der Waals surface area contributed by atoms with Crippen LogP contribution in [-0.4, -0.2) is 45.2 Å². The van der Waals surface area contributed by atoms with Crippen molar-refractivity contribution in [3.05, 3.63) is 47.0 Å². The van der Waals surface area contributed by atoms with Crippen LogP contribution in [0.3, 0.4) is 0 Å². The molecule has 0 radical (unpaired) electrons. The number of aryl methyl sites for hydroxylation is 2. The van der Waals surface area contributed by atoms with E-state index >= 15 is 0 Å². The number of ether oxygens (including phenoxy) is 2. The number of amides is 1. The molecule has 8 heteroatoms. The molecule has 1 aliphatic heterocycles. The Hall–Kier alpha value is -3.16. The van der Waals surface area contributed by atoms with Crippen molar-refractivity contribution in [1.29, 1.82) is 0 Å². The summed E-state index contributed by atoms with van der Waals surface area (Å²) in [5.41, 5.74) is 4.02. The molecule has 4 rings (SSSR count). The van der Waals surface area contributed by atoms with Gasteiger partial charge in [-0.25, -0.2) is 9.50 Å². The van der Waals surface area contributed by atoms with E-state index in [0.717, 1.165) is 40.4 Å². The molecule has 0 atom stereocenters. The predicted octanol–water partition coefficient (Wildman–Crippen LogP) is 1.80. The average Bonchev–Trinajstić information content (AvgIpc) is 3.16. The van der Waals surface area contributed by atoms with Crippen molar-refractivity contribution in [2.24, 2.45) is 0 Å². The molecule has 146 valence electrons. The van der Waals surface area contributed by atoms with Crippen LogP contribution in [0.4, 0.5) is 0 Å². The highest BCUT2D eigenvalue weighted by molar-refractivity contribution is 5.76. The normalized spacial score (nSPS) is 12.9. The van der Waals surface area contributed by atoms with Gasteiger partial charge in [-0.05, 0) is 49.9 Å². The Bertz CT molecular complexity index is 1010. The van der Waals surface area contributed by atoms with Crippen LogP contribution in [0.25, 0.3) is 5.78 Å². The summed E-state index contributed by atoms with van der Waals surface area (Å²) in [7, 11) is 0. The van der Waals surface area contributed by atoms with Crippen LogP contribution < -0.4 is 14.8 Å². The van der Waals surface area contributed by atoms with Gasteiger partial charge in [-0.2, -0.15) is 10.1 Å². The highest BCUT2D eigenvalue weighted by atomic mass is 16.6. The maximum atomic E-state index is 12.3. The van der Waals surface area contributed by atoms with E-state index in [9.17, 15) is 4.79 Å². The van der Waals surface area contributed by atoms with E-state index in [4.69, 9.17) is 9.47 Å². The Balaban J connectivity index is 1.29. The lowest BCUT2D eigenvalue weighted by atomic mass is 10.1. The number of hydrogen-bond donors (Lipinski definition) is 1. The first kappa shape index (κ1) is 18.2. The molecule has 3 aromatic rings. The second kappa shape index (κ2) is 7.84. The molecule has 8 nitrogen and oxygen atoms in total. The third kappa shape index (κ3) is 3.76. The van der Waals surface area contributed by atoms with Crippen molar-refractivity contribution >= 4 is 11.7 Å². The number of nitrogens with one attached hydrogen (secondary N) is 1. The van der Waals surface area contributed by atoms with Gasteiger partial charge in [-0.15, -0.1) is 0 Å². The molecule has 0 spiro atoms. The van der Waals surface area contributed by atoms with Gasteiger partial charge in [0.2, 0.25) is 5.91 Å². The quantitative estimate of drug-likeness (QED) is 0.700. The van der Waals surface area contributed by atoms with Crippen molar-refractivity contribution in [2.75, 3.05) is 19.8 Å². The first-order valence-corrected chi connectivity index (χ1v) is 9.43. The zero-order valence-corrected chi connectivity index (χ0v) is 16.1. The zero-order chi connectivity index (χ0) is 19.5. The zero-order valence-electron chi connectivity index (χ0n) is 16.1. The number of nitrogens with zero attached hydrogens (tertiary/aromatic N) is 4. The molecule has 2 aromatic heterocycles. The van der Waals surface area contributed by atoms with Gasteiger partial charge in [-0.1, -0.05) is 6.07 Å². The van der Waals surface area contributed by atoms with Gasteiger partial charge in [0, 0.05) is 24.4 Å². The van der Waals surface area contributed by atoms with Crippen LogP contribution in [0.15, 0.2) is 24.5 Å². The third-order valence-electron chi connectivity index (χ3n) is 4.93. The Morgan fingerprint density at radius 3 is 2.86 bits per heavy atom. The van der Waals surface area contributed by atoms with Gasteiger partial charge in [0.25, 0.3) is 5.78 Å². The number of benzene rings is 1. The molecule has 0 fully saturated rings. The Kier molecular flexibility index (Phi) is 5.10. The van der Waals surface area contributed by atoms with E-state index in [2.05, 4.69) is 20.4 Å². The lowest BCUT2D eigenvalue weighted by Crippen LogP contribution is -2.26. The van der Waals surface area contributed by atoms with Crippen molar-refractivity contribution in [2.45, 2.75) is 33.1 Å². The molecule has 3 heterocycles. The van der Waals surface area contributed by atoms with Crippen LogP contribution in [0, 0.1) is 13.8 Å². The van der Waals surface area contributed by atoms with Crippen LogP contribution in [0.2, 0.25) is 0 Å². The molecule has 1 amide bonds. The maximum absolute atomic E-state index is 12.3. The van der Waals surface area contributed by atoms with Crippen LogP contribution >= 0.6 is 0 Å². The van der Waals surface area contributed by atoms with Crippen LogP contribution in [0.5, 0.6) is 11.5 Å². The topological polar surface area (TPSA) is 90.6 Å². The molecule has 1 aromatic carbocycles. The van der Waals surface area contributed by atoms with E-state index in [-0.39, 0.29) is 5.91 Å². The highest BCUT2D eigenvalue weighted by Gasteiger charge is 2.13. The van der Waals surface area contributed by atoms with Crippen molar-refractivity contribution in [3.8, 4) is 11.5 Å². The number of carbonyl (C=O) groups excluding carboxylic acids is 1. The van der Waals surface area contributed by atoms with Gasteiger partial charge < -0.3 is 14.8 Å². The molecule has 0 aliphatic carbocycles. The Labute approximate surface area is 162 Å². The maximum Gasteiger partial charge on any atom is 0.252 e. The standard InChI is InChI=1S/C20H23N5O3/c1-13-16(14(2)25-20(24-13)22-12-23-25)4-6-19(26)21-8-7-15-3-5-17-18(11-15)28-10-9-27-17/h3,5,11-12H,4,6-10H2,1-2H3,(H,21,26). The summed E-state index contributed by atoms with van der Waals surface area (Å²) < 4.78 is 12.8. The first-order chi connectivity index (χ1) is 13.6. The molecule has 1 N–H and O–H groups in total. The van der Waals surface area contributed by atoms with Gasteiger partial charge in [-0.3, -0.25) is 4.79 Å². The van der Waals surface area contributed by atoms with Crippen molar-refractivity contribution in [3.63, 3.8) is 0 Å². The minimum Gasteiger partial charge on any atom is -0.486 e. The number of rotatable bonds is 6. The SMILES string of the molecule is Cc1nc2ncnn2c(C)c1CCC(=O)NCCc1ccc2c(c1)OCCO2. The van der Waals surface area contributed by atoms with Gasteiger partial charge in [0.15, 0.2) is 11.5 Å². The number of carbonyl (C=O) groups is 1. The minimum absolute atomic E-state index is 0.0232. The molecule has 28 heavy (non-hydrogen) atoms. The molecule has 0 saturated carbocycles. The fraction of sp³-hybridized carbons (Fsp3) is 0.400. The van der Waals surface area contributed by atoms with Crippen molar-refractivity contribution < 1.29 is 14.3 Å². The predicted molar refractivity (Wildman–Crippen MR) is 103 cm³/mol. The fourth-order valence-corrected chi connectivity index (χ4v) is 3.43. The van der Waals surface area contributed by atoms with Crippen LogP contribution in [-0.2, 0) is 17.6 Å². The van der Waals surface area contributed by atoms with E-state index in [1.165, 1.54) is 6.33 Å². The fourth-order valence-electron chi connectivity index (χ4n) is 3.43. The summed E-state index contributed by atoms with van der Waals surface area (Å²) in [6.45, 7) is 5.65. The number of fused-ring (bicyclic) bond motifs is 2. The molecule has 1 aliphatic rings. The largest absolute Gasteiger partial charge is 0.486 e. The second-order valence-corrected chi connectivity index (χ2v) is 6.81. The molecule has 0 saturated heterocycles. The summed E-state index contributed by atoms with van der Waals surface area (Å²) in [6.07, 6.45) is 3.26. The molecule has 0 bridgehead atoms. The summed E-state index contributed by atoms with van der Waals surface area (Å²) in [4.78, 5) is 20.8. The Morgan fingerprint density at radius 1 is 1.18 bits per heavy atom. The molecule has 0 unspecified atom stereocenters. The van der Waals surface area contributed by atoms with E-state index in [0.29, 0.717) is 38.4 Å². The van der Waals surface area contributed by atoms with Gasteiger partial charge in [0.1, 0.15) is 19.5 Å². The smallest absolute Gasteiger partial charge is 0.252 e. The average molecular weight is 381 g/mol. The van der Waals surface area contributed by atoms with E-state index in [1.54, 1.807) is 4.52 Å². The molecular weight excluding hydrogens is 358 g/mol. The lowest BCUT2D eigenvalue weighted by molar-refractivity contribution is -0.121. The van der Waals surface area contributed by atoms with Gasteiger partial charge >= 0.3 is 0 Å². The van der Waals surface area contributed by atoms with Gasteiger partial charge in [0.05, 0.1) is 0 Å².